The van der Waals surface area contributed by atoms with Crippen LogP contribution in [0.1, 0.15) is 12.5 Å². The van der Waals surface area contributed by atoms with Gasteiger partial charge in [-0.25, -0.2) is 14.5 Å². The van der Waals surface area contributed by atoms with Crippen molar-refractivity contribution < 1.29 is 14.3 Å². The second-order valence-corrected chi connectivity index (χ2v) is 9.16. The Kier molecular flexibility index (Phi) is 5.93. The second-order valence-electron chi connectivity index (χ2n) is 7.85. The predicted octanol–water partition coefficient (Wildman–Crippen LogP) is 3.98. The molecular weight excluding hydrogens is 452 g/mol. The molecular formula is C25H22N4O4S. The molecule has 0 fully saturated rings. The highest BCUT2D eigenvalue weighted by Crippen LogP contribution is 2.33. The number of pyridine rings is 1. The summed E-state index contributed by atoms with van der Waals surface area (Å²) in [6, 6.07) is 16.1. The van der Waals surface area contributed by atoms with Crippen molar-refractivity contribution in [3.05, 3.63) is 76.7 Å². The van der Waals surface area contributed by atoms with Gasteiger partial charge in [-0.2, -0.15) is 0 Å². The number of anilines is 1. The van der Waals surface area contributed by atoms with Crippen LogP contribution < -0.4 is 20.3 Å². The lowest BCUT2D eigenvalue weighted by Crippen LogP contribution is -2.26. The normalized spacial score (nSPS) is 13.5. The molecule has 34 heavy (non-hydrogen) atoms. The van der Waals surface area contributed by atoms with E-state index in [9.17, 15) is 9.59 Å². The molecule has 1 aliphatic rings. The fraction of sp³-hybridized carbons (Fsp3) is 0.200. The van der Waals surface area contributed by atoms with Crippen molar-refractivity contribution in [3.8, 4) is 17.3 Å². The number of carbonyl (C=O) groups excluding carboxylic acids is 1. The van der Waals surface area contributed by atoms with Gasteiger partial charge in [-0.05, 0) is 55.8 Å². The van der Waals surface area contributed by atoms with Crippen molar-refractivity contribution in [1.29, 1.82) is 0 Å². The first kappa shape index (κ1) is 22.0. The van der Waals surface area contributed by atoms with E-state index >= 15 is 0 Å². The topological polar surface area (TPSA) is 95.3 Å². The Balaban J connectivity index is 1.46. The number of ether oxygens (including phenoxy) is 2. The van der Waals surface area contributed by atoms with Gasteiger partial charge in [0.05, 0.1) is 16.2 Å². The van der Waals surface area contributed by atoms with Gasteiger partial charge < -0.3 is 14.8 Å². The summed E-state index contributed by atoms with van der Waals surface area (Å²) in [7, 11) is 0. The number of fused-ring (bicyclic) bond motifs is 2. The van der Waals surface area contributed by atoms with Gasteiger partial charge in [0.25, 0.3) is 5.56 Å². The first-order valence-electron chi connectivity index (χ1n) is 10.8. The van der Waals surface area contributed by atoms with Crippen LogP contribution in [-0.4, -0.2) is 38.9 Å². The van der Waals surface area contributed by atoms with Crippen LogP contribution in [0.3, 0.4) is 0 Å². The lowest BCUT2D eigenvalue weighted by Gasteiger charge is -2.19. The minimum absolute atomic E-state index is 0.229. The number of para-hydroxylation sites is 1. The number of aromatic nitrogens is 3. The number of aryl methyl sites for hydroxylation is 1. The molecule has 0 saturated heterocycles. The summed E-state index contributed by atoms with van der Waals surface area (Å²) in [5, 5.41) is 3.25. The first-order valence-corrected chi connectivity index (χ1v) is 11.7. The molecule has 0 spiro atoms. The summed E-state index contributed by atoms with van der Waals surface area (Å²) in [6.45, 7) is 4.67. The van der Waals surface area contributed by atoms with Gasteiger partial charge >= 0.3 is 0 Å². The summed E-state index contributed by atoms with van der Waals surface area (Å²) in [6.07, 6.45) is 1.65. The van der Waals surface area contributed by atoms with Crippen molar-refractivity contribution >= 4 is 34.3 Å². The van der Waals surface area contributed by atoms with E-state index in [1.807, 2.05) is 25.1 Å². The molecule has 0 unspecified atom stereocenters. The lowest BCUT2D eigenvalue weighted by molar-refractivity contribution is -0.115. The van der Waals surface area contributed by atoms with E-state index in [1.165, 1.54) is 16.3 Å². The van der Waals surface area contributed by atoms with Gasteiger partial charge in [-0.3, -0.25) is 9.59 Å². The molecule has 0 bridgehead atoms. The Hall–Kier alpha value is -3.85. The van der Waals surface area contributed by atoms with Crippen LogP contribution in [0, 0.1) is 6.92 Å². The van der Waals surface area contributed by atoms with Crippen molar-refractivity contribution in [2.75, 3.05) is 18.5 Å². The zero-order valence-electron chi connectivity index (χ0n) is 18.6. The highest BCUT2D eigenvalue weighted by Gasteiger charge is 2.22. The standard InChI is InChI=1S/C25H22N4O4S/c1-15-9-10-26-22(13-15)29-24(31)18-5-3-4-6-19(18)28-25(29)34-16(2)23(30)27-17-7-8-20-21(14-17)33-12-11-32-20/h3-10,13-14,16H,11-12H2,1-2H3,(H,27,30)/t16-/m0/s1. The number of nitrogens with one attached hydrogen (secondary N) is 1. The quantitative estimate of drug-likeness (QED) is 0.345. The van der Waals surface area contributed by atoms with Gasteiger partial charge in [-0.1, -0.05) is 23.9 Å². The first-order chi connectivity index (χ1) is 16.5. The number of rotatable bonds is 5. The molecule has 3 heterocycles. The third kappa shape index (κ3) is 4.34. The fourth-order valence-corrected chi connectivity index (χ4v) is 4.53. The summed E-state index contributed by atoms with van der Waals surface area (Å²) in [5.41, 5.74) is 1.90. The van der Waals surface area contributed by atoms with Crippen LogP contribution in [0.5, 0.6) is 11.5 Å². The Bertz CT molecular complexity index is 1450. The smallest absolute Gasteiger partial charge is 0.267 e. The average molecular weight is 475 g/mol. The zero-order valence-corrected chi connectivity index (χ0v) is 19.5. The van der Waals surface area contributed by atoms with Gasteiger partial charge in [0.2, 0.25) is 5.91 Å². The molecule has 1 amide bonds. The summed E-state index contributed by atoms with van der Waals surface area (Å²) >= 11 is 1.20. The highest BCUT2D eigenvalue weighted by molar-refractivity contribution is 8.00. The van der Waals surface area contributed by atoms with Crippen LogP contribution >= 0.6 is 11.8 Å². The molecule has 9 heteroatoms. The summed E-state index contributed by atoms with van der Waals surface area (Å²) in [5.74, 6) is 1.49. The highest BCUT2D eigenvalue weighted by atomic mass is 32.2. The Morgan fingerprint density at radius 2 is 1.88 bits per heavy atom. The summed E-state index contributed by atoms with van der Waals surface area (Å²) in [4.78, 5) is 35.5. The molecule has 1 aliphatic heterocycles. The molecule has 0 aliphatic carbocycles. The van der Waals surface area contributed by atoms with E-state index in [2.05, 4.69) is 10.3 Å². The van der Waals surface area contributed by atoms with Crippen LogP contribution in [0.15, 0.2) is 70.7 Å². The van der Waals surface area contributed by atoms with Crippen molar-refractivity contribution in [3.63, 3.8) is 0 Å². The van der Waals surface area contributed by atoms with E-state index < -0.39 is 5.25 Å². The minimum Gasteiger partial charge on any atom is -0.486 e. The molecule has 0 saturated carbocycles. The Labute approximate surface area is 200 Å². The van der Waals surface area contributed by atoms with E-state index in [0.29, 0.717) is 52.3 Å². The molecule has 0 radical (unpaired) electrons. The predicted molar refractivity (Wildman–Crippen MR) is 131 cm³/mol. The zero-order chi connectivity index (χ0) is 23.7. The molecule has 172 valence electrons. The Morgan fingerprint density at radius 1 is 1.09 bits per heavy atom. The molecule has 2 aromatic heterocycles. The minimum atomic E-state index is -0.544. The van der Waals surface area contributed by atoms with E-state index in [4.69, 9.17) is 14.5 Å². The maximum Gasteiger partial charge on any atom is 0.267 e. The number of hydrogen-bond acceptors (Lipinski definition) is 7. The van der Waals surface area contributed by atoms with Crippen LogP contribution in [0.2, 0.25) is 0 Å². The number of nitrogens with zero attached hydrogens (tertiary/aromatic N) is 3. The number of hydrogen-bond donors (Lipinski definition) is 1. The largest absolute Gasteiger partial charge is 0.486 e. The van der Waals surface area contributed by atoms with E-state index in [0.717, 1.165) is 5.56 Å². The van der Waals surface area contributed by atoms with E-state index in [1.54, 1.807) is 49.5 Å². The maximum absolute atomic E-state index is 13.4. The average Bonchev–Trinajstić information content (AvgIpc) is 2.84. The lowest BCUT2D eigenvalue weighted by atomic mass is 10.2. The number of carbonyl (C=O) groups is 1. The maximum atomic E-state index is 13.4. The monoisotopic (exact) mass is 474 g/mol. The fourth-order valence-electron chi connectivity index (χ4n) is 3.61. The van der Waals surface area contributed by atoms with Crippen LogP contribution in [0.25, 0.3) is 16.7 Å². The van der Waals surface area contributed by atoms with Crippen molar-refractivity contribution in [2.45, 2.75) is 24.3 Å². The third-order valence-electron chi connectivity index (χ3n) is 5.34. The van der Waals surface area contributed by atoms with Gasteiger partial charge in [0, 0.05) is 18.0 Å². The number of amides is 1. The van der Waals surface area contributed by atoms with Gasteiger partial charge in [0.15, 0.2) is 16.7 Å². The SMILES string of the molecule is Cc1ccnc(-n2c(S[C@@H](C)C(=O)Nc3ccc4c(c3)OCCO4)nc3ccccc3c2=O)c1. The molecule has 1 N–H and O–H groups in total. The summed E-state index contributed by atoms with van der Waals surface area (Å²) < 4.78 is 12.6. The van der Waals surface area contributed by atoms with Crippen LogP contribution in [0.4, 0.5) is 5.69 Å². The van der Waals surface area contributed by atoms with Crippen molar-refractivity contribution in [2.24, 2.45) is 0 Å². The molecule has 8 nitrogen and oxygen atoms in total. The van der Waals surface area contributed by atoms with Gasteiger partial charge in [-0.15, -0.1) is 0 Å². The molecule has 5 rings (SSSR count). The molecule has 1 atom stereocenters. The molecule has 2 aromatic carbocycles. The van der Waals surface area contributed by atoms with E-state index in [-0.39, 0.29) is 11.5 Å². The van der Waals surface area contributed by atoms with Crippen molar-refractivity contribution in [1.82, 2.24) is 14.5 Å². The van der Waals surface area contributed by atoms with Gasteiger partial charge in [0.1, 0.15) is 19.0 Å². The van der Waals surface area contributed by atoms with Crippen LogP contribution in [-0.2, 0) is 4.79 Å². The molecule has 4 aromatic rings. The number of benzene rings is 2. The Morgan fingerprint density at radius 3 is 2.71 bits per heavy atom. The number of thioether (sulfide) groups is 1. The second kappa shape index (κ2) is 9.18. The third-order valence-corrected chi connectivity index (χ3v) is 6.39.